The molecular formula is C16H11F3N2O2. The van der Waals surface area contributed by atoms with E-state index in [1.165, 1.54) is 30.5 Å². The minimum Gasteiger partial charge on any atom is -0.494 e. The van der Waals surface area contributed by atoms with E-state index in [1.807, 2.05) is 24.3 Å². The summed E-state index contributed by atoms with van der Waals surface area (Å²) in [6, 6.07) is 12.4. The van der Waals surface area contributed by atoms with Crippen LogP contribution in [-0.2, 0) is 0 Å². The molecule has 0 radical (unpaired) electrons. The van der Waals surface area contributed by atoms with Crippen molar-refractivity contribution < 1.29 is 23.0 Å². The van der Waals surface area contributed by atoms with Crippen LogP contribution in [0.4, 0.5) is 18.9 Å². The van der Waals surface area contributed by atoms with E-state index in [-0.39, 0.29) is 11.6 Å². The fourth-order valence-corrected chi connectivity index (χ4v) is 2.15. The van der Waals surface area contributed by atoms with Gasteiger partial charge in [-0.15, -0.1) is 13.2 Å². The van der Waals surface area contributed by atoms with Gasteiger partial charge in [0.2, 0.25) is 0 Å². The Labute approximate surface area is 128 Å². The minimum absolute atomic E-state index is 0.0213. The molecule has 0 aliphatic carbocycles. The normalized spacial score (nSPS) is 12.1. The second kappa shape index (κ2) is 5.68. The number of fused-ring (bicyclic) bond motifs is 1. The monoisotopic (exact) mass is 320 g/mol. The number of ether oxygens (including phenoxy) is 1. The fraction of sp³-hybridized carbons (Fsp3) is 0.0625. The average molecular weight is 320 g/mol. The molecule has 23 heavy (non-hydrogen) atoms. The summed E-state index contributed by atoms with van der Waals surface area (Å²) in [5.74, 6) is -0.335. The Bertz CT molecular complexity index is 852. The van der Waals surface area contributed by atoms with Gasteiger partial charge in [0, 0.05) is 17.1 Å². The van der Waals surface area contributed by atoms with E-state index in [2.05, 4.69) is 14.7 Å². The third kappa shape index (κ3) is 3.45. The summed E-state index contributed by atoms with van der Waals surface area (Å²) in [4.78, 5) is 6.97. The minimum atomic E-state index is -4.72. The van der Waals surface area contributed by atoms with Crippen LogP contribution in [0.3, 0.4) is 0 Å². The quantitative estimate of drug-likeness (QED) is 0.697. The number of benzene rings is 2. The van der Waals surface area contributed by atoms with E-state index in [0.29, 0.717) is 11.3 Å². The molecule has 0 amide bonds. The Hall–Kier alpha value is -2.96. The van der Waals surface area contributed by atoms with Crippen LogP contribution < -0.4 is 4.74 Å². The maximum absolute atomic E-state index is 12.1. The molecule has 0 fully saturated rings. The molecule has 0 unspecified atom stereocenters. The summed E-state index contributed by atoms with van der Waals surface area (Å²) >= 11 is 0. The second-order valence-corrected chi connectivity index (χ2v) is 4.73. The number of para-hydroxylation sites is 1. The molecule has 7 heteroatoms. The highest BCUT2D eigenvalue weighted by Gasteiger charge is 2.30. The zero-order valence-corrected chi connectivity index (χ0v) is 11.6. The highest BCUT2D eigenvalue weighted by Crippen LogP contribution is 2.27. The number of hydrogen-bond donors (Lipinski definition) is 2. The molecule has 3 aromatic rings. The summed E-state index contributed by atoms with van der Waals surface area (Å²) < 4.78 is 40.0. The van der Waals surface area contributed by atoms with Gasteiger partial charge in [0.1, 0.15) is 5.75 Å². The molecule has 0 saturated heterocycles. The topological polar surface area (TPSA) is 57.6 Å². The molecule has 0 atom stereocenters. The summed E-state index contributed by atoms with van der Waals surface area (Å²) in [5, 5.41) is 10.7. The molecule has 0 spiro atoms. The predicted octanol–water partition coefficient (Wildman–Crippen LogP) is 4.52. The predicted molar refractivity (Wildman–Crippen MR) is 80.3 cm³/mol. The fourth-order valence-electron chi connectivity index (χ4n) is 2.15. The van der Waals surface area contributed by atoms with Gasteiger partial charge in [-0.25, -0.2) is 0 Å². The number of aromatic hydroxyl groups is 1. The number of aliphatic imine (C=N–C) groups is 1. The number of H-pyrrole nitrogens is 1. The number of rotatable bonds is 3. The van der Waals surface area contributed by atoms with Gasteiger partial charge in [-0.2, -0.15) is 0 Å². The van der Waals surface area contributed by atoms with E-state index < -0.39 is 6.36 Å². The van der Waals surface area contributed by atoms with Crippen molar-refractivity contribution in [2.24, 2.45) is 4.99 Å². The van der Waals surface area contributed by atoms with Gasteiger partial charge >= 0.3 is 6.36 Å². The largest absolute Gasteiger partial charge is 0.573 e. The molecular weight excluding hydrogens is 309 g/mol. The first-order valence-corrected chi connectivity index (χ1v) is 6.62. The molecule has 0 bridgehead atoms. The summed E-state index contributed by atoms with van der Waals surface area (Å²) in [5.41, 5.74) is 1.71. The van der Waals surface area contributed by atoms with Crippen LogP contribution in [0.5, 0.6) is 11.6 Å². The molecule has 4 nitrogen and oxygen atoms in total. The number of halogens is 3. The Morgan fingerprint density at radius 1 is 1.04 bits per heavy atom. The molecule has 0 aliphatic rings. The van der Waals surface area contributed by atoms with Gasteiger partial charge in [-0.1, -0.05) is 18.2 Å². The van der Waals surface area contributed by atoms with E-state index >= 15 is 0 Å². The van der Waals surface area contributed by atoms with E-state index in [9.17, 15) is 18.3 Å². The molecule has 1 heterocycles. The number of aromatic nitrogens is 1. The maximum atomic E-state index is 12.1. The van der Waals surface area contributed by atoms with Gasteiger partial charge in [0.25, 0.3) is 0 Å². The van der Waals surface area contributed by atoms with Crippen LogP contribution in [0, 0.1) is 0 Å². The standard InChI is InChI=1S/C16H11F3N2O2/c17-16(18,19)23-11-7-5-10(6-8-11)20-9-13-12-3-1-2-4-14(12)21-15(13)22/h1-9,21-22H. The van der Waals surface area contributed by atoms with E-state index in [0.717, 1.165) is 10.9 Å². The van der Waals surface area contributed by atoms with E-state index in [4.69, 9.17) is 0 Å². The Balaban J connectivity index is 1.83. The number of alkyl halides is 3. The summed E-state index contributed by atoms with van der Waals surface area (Å²) in [6.45, 7) is 0. The lowest BCUT2D eigenvalue weighted by Gasteiger charge is -2.08. The average Bonchev–Trinajstić information content (AvgIpc) is 2.80. The van der Waals surface area contributed by atoms with Crippen LogP contribution >= 0.6 is 0 Å². The molecule has 0 aliphatic heterocycles. The molecule has 1 aromatic heterocycles. The second-order valence-electron chi connectivity index (χ2n) is 4.73. The van der Waals surface area contributed by atoms with Crippen molar-refractivity contribution in [2.75, 3.05) is 0 Å². The Morgan fingerprint density at radius 2 is 1.74 bits per heavy atom. The Morgan fingerprint density at radius 3 is 2.43 bits per heavy atom. The van der Waals surface area contributed by atoms with Gasteiger partial charge in [-0.05, 0) is 30.3 Å². The van der Waals surface area contributed by atoms with Crippen molar-refractivity contribution >= 4 is 22.8 Å². The zero-order chi connectivity index (χ0) is 16.4. The van der Waals surface area contributed by atoms with Gasteiger partial charge in [0.05, 0.1) is 11.3 Å². The molecule has 3 rings (SSSR count). The molecule has 118 valence electrons. The summed E-state index contributed by atoms with van der Waals surface area (Å²) in [6.07, 6.45) is -3.27. The van der Waals surface area contributed by atoms with E-state index in [1.54, 1.807) is 0 Å². The third-order valence-corrected chi connectivity index (χ3v) is 3.14. The SMILES string of the molecule is Oc1[nH]c2ccccc2c1C=Nc1ccc(OC(F)(F)F)cc1. The number of nitrogens with one attached hydrogen (secondary N) is 1. The highest BCUT2D eigenvalue weighted by molar-refractivity contribution is 6.02. The lowest BCUT2D eigenvalue weighted by atomic mass is 10.2. The van der Waals surface area contributed by atoms with Crippen molar-refractivity contribution in [3.63, 3.8) is 0 Å². The van der Waals surface area contributed by atoms with Crippen LogP contribution in [-0.4, -0.2) is 22.7 Å². The zero-order valence-electron chi connectivity index (χ0n) is 11.6. The van der Waals surface area contributed by atoms with Crippen LogP contribution in [0.1, 0.15) is 5.56 Å². The first kappa shape index (κ1) is 15.0. The molecule has 0 saturated carbocycles. The third-order valence-electron chi connectivity index (χ3n) is 3.14. The van der Waals surface area contributed by atoms with Crippen molar-refractivity contribution in [3.05, 3.63) is 54.1 Å². The van der Waals surface area contributed by atoms with Gasteiger partial charge < -0.3 is 14.8 Å². The number of hydrogen-bond acceptors (Lipinski definition) is 3. The molecule has 2 N–H and O–H groups in total. The van der Waals surface area contributed by atoms with Crippen molar-refractivity contribution in [1.29, 1.82) is 0 Å². The first-order valence-electron chi connectivity index (χ1n) is 6.62. The maximum Gasteiger partial charge on any atom is 0.573 e. The van der Waals surface area contributed by atoms with Crippen molar-refractivity contribution in [1.82, 2.24) is 4.98 Å². The van der Waals surface area contributed by atoms with Gasteiger partial charge in [0.15, 0.2) is 5.88 Å². The van der Waals surface area contributed by atoms with Crippen molar-refractivity contribution in [3.8, 4) is 11.6 Å². The lowest BCUT2D eigenvalue weighted by Crippen LogP contribution is -2.16. The number of nitrogens with zero attached hydrogens (tertiary/aromatic N) is 1. The van der Waals surface area contributed by atoms with Gasteiger partial charge in [-0.3, -0.25) is 4.99 Å². The first-order chi connectivity index (χ1) is 10.9. The van der Waals surface area contributed by atoms with Crippen LogP contribution in [0.25, 0.3) is 10.9 Å². The smallest absolute Gasteiger partial charge is 0.494 e. The summed E-state index contributed by atoms with van der Waals surface area (Å²) in [7, 11) is 0. The van der Waals surface area contributed by atoms with Crippen LogP contribution in [0.2, 0.25) is 0 Å². The molecule has 2 aromatic carbocycles. The van der Waals surface area contributed by atoms with Crippen LogP contribution in [0.15, 0.2) is 53.5 Å². The van der Waals surface area contributed by atoms with Crippen molar-refractivity contribution in [2.45, 2.75) is 6.36 Å². The lowest BCUT2D eigenvalue weighted by molar-refractivity contribution is -0.274. The Kier molecular flexibility index (Phi) is 3.69. The number of aromatic amines is 1. The highest BCUT2D eigenvalue weighted by atomic mass is 19.4.